The van der Waals surface area contributed by atoms with Crippen LogP contribution in [0.1, 0.15) is 98.6 Å². The summed E-state index contributed by atoms with van der Waals surface area (Å²) in [5, 5.41) is 30.3. The molecular weight excluding hydrogens is 1360 g/mol. The van der Waals surface area contributed by atoms with E-state index >= 15 is 0 Å². The van der Waals surface area contributed by atoms with Gasteiger partial charge in [-0.05, 0) is 141 Å². The van der Waals surface area contributed by atoms with Crippen LogP contribution in [0.15, 0.2) is 107 Å². The van der Waals surface area contributed by atoms with Crippen molar-refractivity contribution < 1.29 is 65.8 Å². The molecule has 3 amide bonds. The smallest absolute Gasteiger partial charge is 0.410 e. The molecule has 96 heavy (non-hydrogen) atoms. The van der Waals surface area contributed by atoms with Gasteiger partial charge < -0.3 is 59.6 Å². The van der Waals surface area contributed by atoms with Gasteiger partial charge in [0.05, 0.1) is 38.3 Å². The minimum Gasteiger partial charge on any atom is -0.506 e. The number of aromatic hydroxyl groups is 1. The molecule has 5 N–H and O–H groups in total. The number of phenolic OH excluding ortho intramolecular Hbond substituents is 1. The monoisotopic (exact) mass is 1450 g/mol. The normalized spacial score (nSPS) is 15.3. The quantitative estimate of drug-likeness (QED) is 0.103. The number of piperidine rings is 4. The number of aliphatic hydroxyl groups is 1. The van der Waals surface area contributed by atoms with E-state index in [2.05, 4.69) is 15.5 Å². The second kappa shape index (κ2) is 39.2. The second-order valence-electron chi connectivity index (χ2n) is 24.3. The lowest BCUT2D eigenvalue weighted by Gasteiger charge is -2.33. The van der Waals surface area contributed by atoms with E-state index in [0.29, 0.717) is 122 Å². The Morgan fingerprint density at radius 1 is 0.531 bits per heavy atom. The molecule has 4 aliphatic rings. The fourth-order valence-electron chi connectivity index (χ4n) is 9.15. The third-order valence-electron chi connectivity index (χ3n) is 14.1. The number of carbonyl (C=O) groups is 3. The number of ether oxygens (including phenoxy) is 5. The van der Waals surface area contributed by atoms with Crippen molar-refractivity contribution in [1.82, 2.24) is 39.6 Å². The summed E-state index contributed by atoms with van der Waals surface area (Å²) < 4.78 is 81.8. The first-order valence-corrected chi connectivity index (χ1v) is 32.2. The lowest BCUT2D eigenvalue weighted by Crippen LogP contribution is -2.44. The Kier molecular flexibility index (Phi) is 33.2. The Morgan fingerprint density at radius 3 is 1.25 bits per heavy atom. The molecule has 6 aromatic rings. The van der Waals surface area contributed by atoms with Crippen LogP contribution < -0.4 is 36.4 Å². The number of aromatic nitrogens is 4. The molecule has 6 heterocycles. The Balaban J connectivity index is 0.000000255. The molecule has 10 rings (SSSR count). The van der Waals surface area contributed by atoms with Crippen LogP contribution in [-0.4, -0.2) is 151 Å². The molecule has 0 unspecified atom stereocenters. The lowest BCUT2D eigenvalue weighted by molar-refractivity contribution is -0.132. The number of rotatable bonds is 8. The summed E-state index contributed by atoms with van der Waals surface area (Å²) in [7, 11) is 3.11. The van der Waals surface area contributed by atoms with Crippen molar-refractivity contribution in [1.29, 1.82) is 0 Å². The number of carbonyl (C=O) groups excluding carboxylic acids is 3. The maximum Gasteiger partial charge on any atom is 0.410 e. The topological polar surface area (TPSA) is 255 Å². The second-order valence-corrected chi connectivity index (χ2v) is 25.9. The lowest BCUT2D eigenvalue weighted by atomic mass is 10.1. The molecule has 30 heteroatoms. The van der Waals surface area contributed by atoms with Gasteiger partial charge in [0.15, 0.2) is 0 Å². The minimum absolute atomic E-state index is 0. The van der Waals surface area contributed by atoms with Crippen molar-refractivity contribution >= 4 is 82.7 Å². The molecule has 2 aromatic heterocycles. The highest BCUT2D eigenvalue weighted by molar-refractivity contribution is 6.33. The zero-order chi connectivity index (χ0) is 70.2. The van der Waals surface area contributed by atoms with E-state index in [0.717, 1.165) is 32.0 Å². The molecule has 0 atom stereocenters. The summed E-state index contributed by atoms with van der Waals surface area (Å²) in [6.07, 6.45) is 5.02. The van der Waals surface area contributed by atoms with Gasteiger partial charge >= 0.3 is 12.2 Å². The molecule has 0 saturated carbocycles. The fourth-order valence-corrected chi connectivity index (χ4v) is 9.76. The third kappa shape index (κ3) is 29.6. The first kappa shape index (κ1) is 81.2. The van der Waals surface area contributed by atoms with E-state index < -0.39 is 22.8 Å². The van der Waals surface area contributed by atoms with Gasteiger partial charge in [-0.15, -0.1) is 12.4 Å². The zero-order valence-corrected chi connectivity index (χ0v) is 58.5. The van der Waals surface area contributed by atoms with Gasteiger partial charge in [0.25, 0.3) is 11.1 Å². The number of aryl methyl sites for hydroxylation is 2. The van der Waals surface area contributed by atoms with Crippen LogP contribution in [0.4, 0.5) is 33.0 Å². The first-order chi connectivity index (χ1) is 44.7. The van der Waals surface area contributed by atoms with Gasteiger partial charge in [-0.25, -0.2) is 36.5 Å². The number of nitrogens with one attached hydrogen (secondary N) is 1. The highest BCUT2D eigenvalue weighted by Gasteiger charge is 2.30. The predicted molar refractivity (Wildman–Crippen MR) is 363 cm³/mol. The molecule has 0 aliphatic carbocycles. The molecule has 0 spiro atoms. The number of benzene rings is 4. The summed E-state index contributed by atoms with van der Waals surface area (Å²) in [4.78, 5) is 63.0. The van der Waals surface area contributed by atoms with E-state index in [-0.39, 0.29) is 94.9 Å². The van der Waals surface area contributed by atoms with E-state index in [4.69, 9.17) is 80.9 Å². The highest BCUT2D eigenvalue weighted by Crippen LogP contribution is 2.31. The SMILES string of the molecule is CC(C)(C)OC(=O)N1CCC(O)CC1.CC(C)(C)OC(=O)N1CCC(Oc2cc(F)ccc2Cl)CC1.Cl.Cn1nc(CC(=O)N2CCC(Oc3cc(F)ccc3Cl)CC2)ccc1=O.Cn1nc(N)ccc1=O.Fc1ccc(Cl)c(OC2CCNCC2)c1.Oc1cc(F)ccc1Cl. The van der Waals surface area contributed by atoms with Gasteiger partial charge in [-0.3, -0.25) is 14.4 Å². The molecule has 0 radical (unpaired) electrons. The number of amides is 3. The maximum atomic E-state index is 13.3. The van der Waals surface area contributed by atoms with Gasteiger partial charge in [0.1, 0.15) is 81.6 Å². The van der Waals surface area contributed by atoms with Crippen molar-refractivity contribution in [2.24, 2.45) is 14.1 Å². The van der Waals surface area contributed by atoms with E-state index in [1.807, 2.05) is 41.5 Å². The van der Waals surface area contributed by atoms with Gasteiger partial charge in [-0.2, -0.15) is 10.2 Å². The summed E-state index contributed by atoms with van der Waals surface area (Å²) >= 11 is 23.3. The number of nitrogens with zero attached hydrogens (tertiary/aromatic N) is 7. The molecule has 4 aliphatic heterocycles. The number of halogens is 9. The number of nitrogens with two attached hydrogens (primary N) is 1. The first-order valence-electron chi connectivity index (χ1n) is 30.6. The van der Waals surface area contributed by atoms with Crippen LogP contribution in [0.25, 0.3) is 0 Å². The van der Waals surface area contributed by atoms with Gasteiger partial charge in [-0.1, -0.05) is 46.4 Å². The molecule has 4 saturated heterocycles. The van der Waals surface area contributed by atoms with Crippen LogP contribution in [0, 0.1) is 23.3 Å². The molecule has 4 fully saturated rings. The standard InChI is InChI=1S/C18H19ClFN3O3.C16H21ClFNO3.C11H13ClFNO.C10H19NO3.C6H4ClFO.C5H7N3O.ClH/c1-22-17(24)5-3-13(21-22)11-18(25)23-8-6-14(7-9-23)26-16-10-12(20)2-4-15(16)19;1-16(2,3)22-15(20)19-8-6-12(7-9-19)21-14-10-11(18)4-5-13(14)17;12-10-2-1-8(13)7-11(10)15-9-3-5-14-6-4-9;1-10(2,3)14-9(13)11-6-4-8(12)5-7-11;7-5-2-1-4(8)3-6(5)9;1-8-5(9)3-2-4(6)7-8;/h2-5,10,14H,6-9,11H2,1H3;4-5,10,12H,6-9H2,1-3H3;1-2,7,9,14H,3-6H2;8,12H,4-7H2,1-3H3;1-3,9H;2-3H,1H3,(H2,6,7);1H. The number of nitrogen functional groups attached to an aromatic ring is 1. The van der Waals surface area contributed by atoms with Crippen LogP contribution >= 0.6 is 58.8 Å². The highest BCUT2D eigenvalue weighted by atomic mass is 35.5. The predicted octanol–water partition coefficient (Wildman–Crippen LogP) is 12.4. The number of hydrogen-bond acceptors (Lipinski definition) is 16. The summed E-state index contributed by atoms with van der Waals surface area (Å²) in [5.74, 6) is -0.383. The van der Waals surface area contributed by atoms with Crippen LogP contribution in [0.5, 0.6) is 23.0 Å². The Morgan fingerprint density at radius 2 is 0.885 bits per heavy atom. The largest absolute Gasteiger partial charge is 0.506 e. The fraction of sp³-hybridized carbons (Fsp3) is 0.470. The van der Waals surface area contributed by atoms with Crippen molar-refractivity contribution in [2.75, 3.05) is 58.1 Å². The molecular formula is C66H84Cl5F4N9O12. The number of aliphatic hydroxyl groups excluding tert-OH is 1. The minimum atomic E-state index is -0.500. The third-order valence-corrected chi connectivity index (χ3v) is 15.3. The van der Waals surface area contributed by atoms with Crippen LogP contribution in [-0.2, 0) is 34.8 Å². The van der Waals surface area contributed by atoms with E-state index in [1.165, 1.54) is 94.3 Å². The molecule has 0 bridgehead atoms. The summed E-state index contributed by atoms with van der Waals surface area (Å²) in [5.41, 5.74) is 4.51. The molecule has 21 nitrogen and oxygen atoms in total. The summed E-state index contributed by atoms with van der Waals surface area (Å²) in [6.45, 7) is 16.3. The average Bonchev–Trinajstić information content (AvgIpc) is 0.947. The van der Waals surface area contributed by atoms with Crippen molar-refractivity contribution in [2.45, 2.75) is 135 Å². The zero-order valence-electron chi connectivity index (χ0n) is 54.7. The summed E-state index contributed by atoms with van der Waals surface area (Å²) in [6, 6.07) is 21.5. The van der Waals surface area contributed by atoms with Crippen molar-refractivity contribution in [3.63, 3.8) is 0 Å². The van der Waals surface area contributed by atoms with Crippen LogP contribution in [0.3, 0.4) is 0 Å². The number of anilines is 1. The Labute approximate surface area is 582 Å². The number of likely N-dealkylation sites (tertiary alicyclic amines) is 3. The maximum absolute atomic E-state index is 13.3. The molecule has 4 aromatic carbocycles. The van der Waals surface area contributed by atoms with Crippen LogP contribution in [0.2, 0.25) is 20.1 Å². The number of phenols is 1. The Bertz CT molecular complexity index is 3580. The van der Waals surface area contributed by atoms with E-state index in [9.17, 15) is 46.6 Å². The number of hydrogen-bond donors (Lipinski definition) is 4. The average molecular weight is 1450 g/mol. The van der Waals surface area contributed by atoms with E-state index in [1.54, 1.807) is 34.9 Å². The van der Waals surface area contributed by atoms with Crippen molar-refractivity contribution in [3.05, 3.63) is 167 Å². The Hall–Kier alpha value is -7.26. The molecule has 528 valence electrons. The van der Waals surface area contributed by atoms with Gasteiger partial charge in [0.2, 0.25) is 5.91 Å². The van der Waals surface area contributed by atoms with Crippen molar-refractivity contribution in [3.8, 4) is 23.0 Å². The van der Waals surface area contributed by atoms with Gasteiger partial charge in [0, 0.05) is 115 Å².